The van der Waals surface area contributed by atoms with Crippen molar-refractivity contribution in [3.05, 3.63) is 60.8 Å². The quantitative estimate of drug-likeness (QED) is 0.0176. The van der Waals surface area contributed by atoms with Gasteiger partial charge in [0, 0.05) is 0 Å². The Kier molecular flexibility index (Phi) is 35.5. The number of nitrogens with one attached hydrogen (secondary N) is 1. The van der Waals surface area contributed by atoms with Crippen molar-refractivity contribution >= 4 is 16.3 Å². The lowest BCUT2D eigenvalue weighted by atomic mass is 9.99. The fraction of sp³-hybridized carbons (Fsp3) is 0.771. The Morgan fingerprint density at radius 2 is 1.18 bits per heavy atom. The molecule has 7 N–H and O–H groups in total. The SMILES string of the molecule is CC/C=C\C/C=C\CCCCCCCCCCCCCCCC(O)C(=O)NC(COC1OC(CO)C(O)C(OS(=O)(=O)O)C1O)C(O)/C=C/CC/C=C/CC/C=C/CCCCC. The van der Waals surface area contributed by atoms with Gasteiger partial charge in [0.25, 0.3) is 0 Å². The molecular formula is C48H85NO12S. The molecule has 8 unspecified atom stereocenters. The molecule has 1 heterocycles. The van der Waals surface area contributed by atoms with Crippen LogP contribution in [0.5, 0.6) is 0 Å². The molecule has 0 aromatic carbocycles. The molecule has 0 radical (unpaired) electrons. The Balaban J connectivity index is 2.54. The van der Waals surface area contributed by atoms with E-state index < -0.39 is 78.5 Å². The van der Waals surface area contributed by atoms with Gasteiger partial charge in [-0.25, -0.2) is 4.18 Å². The van der Waals surface area contributed by atoms with Crippen molar-refractivity contribution < 1.29 is 57.0 Å². The monoisotopic (exact) mass is 900 g/mol. The molecular weight excluding hydrogens is 815 g/mol. The third kappa shape index (κ3) is 30.0. The fourth-order valence-corrected chi connectivity index (χ4v) is 7.63. The number of carbonyl (C=O) groups excluding carboxylic acids is 1. The maximum atomic E-state index is 13.1. The Bertz CT molecular complexity index is 1350. The highest BCUT2D eigenvalue weighted by Crippen LogP contribution is 2.26. The lowest BCUT2D eigenvalue weighted by Crippen LogP contribution is -2.61. The Morgan fingerprint density at radius 1 is 0.677 bits per heavy atom. The second kappa shape index (κ2) is 38.1. The van der Waals surface area contributed by atoms with Gasteiger partial charge in [-0.15, -0.1) is 0 Å². The van der Waals surface area contributed by atoms with Crippen LogP contribution >= 0.6 is 0 Å². The predicted octanol–water partition coefficient (Wildman–Crippen LogP) is 8.41. The van der Waals surface area contributed by atoms with Gasteiger partial charge in [-0.2, -0.15) is 8.42 Å². The van der Waals surface area contributed by atoms with Gasteiger partial charge in [0.2, 0.25) is 5.91 Å². The van der Waals surface area contributed by atoms with Crippen molar-refractivity contribution in [1.29, 1.82) is 0 Å². The summed E-state index contributed by atoms with van der Waals surface area (Å²) in [5, 5.41) is 55.2. The second-order valence-electron chi connectivity index (χ2n) is 16.4. The Labute approximate surface area is 374 Å². The van der Waals surface area contributed by atoms with Crippen molar-refractivity contribution in [2.75, 3.05) is 13.2 Å². The minimum absolute atomic E-state index is 0.230. The maximum absolute atomic E-state index is 13.1. The summed E-state index contributed by atoms with van der Waals surface area (Å²) in [6, 6.07) is -1.14. The minimum Gasteiger partial charge on any atom is -0.394 e. The van der Waals surface area contributed by atoms with Crippen LogP contribution in [-0.4, -0.2) is 107 Å². The molecule has 0 aromatic rings. The molecule has 0 aromatic heterocycles. The summed E-state index contributed by atoms with van der Waals surface area (Å²) >= 11 is 0. The average Bonchev–Trinajstić information content (AvgIpc) is 3.24. The van der Waals surface area contributed by atoms with Gasteiger partial charge in [0.15, 0.2) is 6.29 Å². The molecule has 0 spiro atoms. The van der Waals surface area contributed by atoms with Gasteiger partial charge in [0.1, 0.15) is 30.5 Å². The smallest absolute Gasteiger partial charge is 0.394 e. The van der Waals surface area contributed by atoms with Crippen LogP contribution in [0.25, 0.3) is 0 Å². The highest BCUT2D eigenvalue weighted by Gasteiger charge is 2.48. The Morgan fingerprint density at radius 3 is 1.73 bits per heavy atom. The standard InChI is InChI=1S/C48H85NO12S/c1-3-5-7-9-11-13-15-17-18-19-20-21-22-23-25-27-29-31-33-35-37-42(52)47(55)49-40(41(51)36-34-32-30-28-26-24-16-14-12-10-8-6-4-2)39-59-48-45(54)46(61-62(56,57)58)44(53)43(38-50)60-48/h5,7,11-14,26,28,34,36,40-46,48,50-54H,3-4,6,8-10,15-25,27,29-33,35,37-39H2,1-2H3,(H,49,55)(H,56,57,58)/b7-5-,13-11-,14-12+,28-26+,36-34+. The zero-order valence-electron chi connectivity index (χ0n) is 38.0. The molecule has 13 nitrogen and oxygen atoms in total. The van der Waals surface area contributed by atoms with Crippen LogP contribution in [0.1, 0.15) is 174 Å². The molecule has 14 heteroatoms. The molecule has 1 amide bonds. The summed E-state index contributed by atoms with van der Waals surface area (Å²) in [6.07, 6.45) is 35.9. The summed E-state index contributed by atoms with van der Waals surface area (Å²) in [4.78, 5) is 13.1. The van der Waals surface area contributed by atoms with Crippen LogP contribution in [0.15, 0.2) is 60.8 Å². The van der Waals surface area contributed by atoms with E-state index in [1.807, 2.05) is 0 Å². The van der Waals surface area contributed by atoms with Crippen LogP contribution < -0.4 is 5.32 Å². The number of allylic oxidation sites excluding steroid dienone is 9. The lowest BCUT2D eigenvalue weighted by molar-refractivity contribution is -0.298. The molecule has 1 saturated heterocycles. The minimum atomic E-state index is -5.13. The van der Waals surface area contributed by atoms with Gasteiger partial charge < -0.3 is 40.3 Å². The van der Waals surface area contributed by atoms with E-state index in [4.69, 9.17) is 9.47 Å². The van der Waals surface area contributed by atoms with E-state index in [1.54, 1.807) is 6.08 Å². The van der Waals surface area contributed by atoms with E-state index in [2.05, 4.69) is 72.0 Å². The van der Waals surface area contributed by atoms with E-state index in [9.17, 15) is 43.3 Å². The number of amides is 1. The zero-order chi connectivity index (χ0) is 45.7. The van der Waals surface area contributed by atoms with Crippen molar-refractivity contribution in [3.8, 4) is 0 Å². The molecule has 360 valence electrons. The molecule has 0 bridgehead atoms. The summed E-state index contributed by atoms with van der Waals surface area (Å²) < 4.78 is 47.5. The molecule has 1 rings (SSSR count). The topological polar surface area (TPSA) is 212 Å². The van der Waals surface area contributed by atoms with E-state index in [-0.39, 0.29) is 6.42 Å². The molecule has 62 heavy (non-hydrogen) atoms. The zero-order valence-corrected chi connectivity index (χ0v) is 38.8. The van der Waals surface area contributed by atoms with Crippen LogP contribution in [0.4, 0.5) is 0 Å². The summed E-state index contributed by atoms with van der Waals surface area (Å²) in [5.74, 6) is -0.720. The summed E-state index contributed by atoms with van der Waals surface area (Å²) in [6.45, 7) is 3.05. The molecule has 8 atom stereocenters. The largest absolute Gasteiger partial charge is 0.397 e. The number of carbonyl (C=O) groups is 1. The van der Waals surface area contributed by atoms with Gasteiger partial charge in [-0.3, -0.25) is 9.35 Å². The van der Waals surface area contributed by atoms with E-state index in [0.29, 0.717) is 12.8 Å². The summed E-state index contributed by atoms with van der Waals surface area (Å²) in [5.41, 5.74) is 0. The fourth-order valence-electron chi connectivity index (χ4n) is 7.12. The molecule has 0 saturated carbocycles. The number of rotatable bonds is 39. The van der Waals surface area contributed by atoms with Crippen LogP contribution in [0.2, 0.25) is 0 Å². The van der Waals surface area contributed by atoms with Crippen molar-refractivity contribution in [3.63, 3.8) is 0 Å². The number of ether oxygens (including phenoxy) is 2. The normalized spacial score (nSPS) is 21.6. The van der Waals surface area contributed by atoms with Gasteiger partial charge in [-0.05, 0) is 70.6 Å². The maximum Gasteiger partial charge on any atom is 0.397 e. The van der Waals surface area contributed by atoms with Gasteiger partial charge in [-0.1, -0.05) is 164 Å². The average molecular weight is 900 g/mol. The number of aliphatic hydroxyl groups excluding tert-OH is 5. The first-order chi connectivity index (χ1) is 29.9. The molecule has 1 aliphatic heterocycles. The number of hydrogen-bond acceptors (Lipinski definition) is 11. The van der Waals surface area contributed by atoms with E-state index in [1.165, 1.54) is 89.5 Å². The van der Waals surface area contributed by atoms with Gasteiger partial charge in [0.05, 0.1) is 25.4 Å². The first-order valence-corrected chi connectivity index (χ1v) is 25.1. The predicted molar refractivity (Wildman–Crippen MR) is 247 cm³/mol. The van der Waals surface area contributed by atoms with Crippen molar-refractivity contribution in [1.82, 2.24) is 5.32 Å². The highest BCUT2D eigenvalue weighted by atomic mass is 32.3. The van der Waals surface area contributed by atoms with E-state index in [0.717, 1.165) is 57.8 Å². The first-order valence-electron chi connectivity index (χ1n) is 23.8. The van der Waals surface area contributed by atoms with Crippen LogP contribution in [0.3, 0.4) is 0 Å². The third-order valence-corrected chi connectivity index (χ3v) is 11.3. The number of unbranched alkanes of at least 4 members (excludes halogenated alkanes) is 18. The van der Waals surface area contributed by atoms with Gasteiger partial charge >= 0.3 is 10.4 Å². The van der Waals surface area contributed by atoms with E-state index >= 15 is 0 Å². The second-order valence-corrected chi connectivity index (χ2v) is 17.5. The van der Waals surface area contributed by atoms with Crippen molar-refractivity contribution in [2.45, 2.75) is 223 Å². The molecule has 1 aliphatic rings. The van der Waals surface area contributed by atoms with Crippen LogP contribution in [-0.2, 0) is 28.9 Å². The number of aliphatic hydroxyl groups is 5. The molecule has 0 aliphatic carbocycles. The first kappa shape index (κ1) is 57.8. The Hall–Kier alpha value is -2.24. The number of hydrogen-bond donors (Lipinski definition) is 7. The lowest BCUT2D eigenvalue weighted by Gasteiger charge is -2.41. The highest BCUT2D eigenvalue weighted by molar-refractivity contribution is 7.80. The van der Waals surface area contributed by atoms with Crippen molar-refractivity contribution in [2.24, 2.45) is 0 Å². The third-order valence-electron chi connectivity index (χ3n) is 10.9. The molecule has 1 fully saturated rings. The van der Waals surface area contributed by atoms with Crippen LogP contribution in [0, 0.1) is 0 Å². The summed E-state index contributed by atoms with van der Waals surface area (Å²) in [7, 11) is -5.13.